The van der Waals surface area contributed by atoms with E-state index in [0.717, 1.165) is 30.5 Å². The van der Waals surface area contributed by atoms with Crippen molar-refractivity contribution in [3.05, 3.63) is 58.7 Å². The molecule has 2 amide bonds. The third kappa shape index (κ3) is 3.86. The average Bonchev–Trinajstić information content (AvgIpc) is 2.54. The monoisotopic (exact) mass is 345 g/mol. The molecular weight excluding hydrogens is 326 g/mol. The van der Waals surface area contributed by atoms with Gasteiger partial charge in [0, 0.05) is 24.9 Å². The maximum absolute atomic E-state index is 12.5. The van der Waals surface area contributed by atoms with E-state index in [4.69, 9.17) is 16.3 Å². The second-order valence-corrected chi connectivity index (χ2v) is 6.21. The lowest BCUT2D eigenvalue weighted by molar-refractivity contribution is 0.126. The zero-order valence-corrected chi connectivity index (χ0v) is 14.3. The standard InChI is InChI=1S/C18H20ClN3O2/c1-24-11-8-13-6-9-20-17(12-13)21-18(23)22-10-7-16(22)14-2-4-15(19)5-3-14/h2-6,9,12,16H,7-8,10-11H2,1H3,(H,20,21,23). The van der Waals surface area contributed by atoms with Crippen LogP contribution < -0.4 is 5.32 Å². The van der Waals surface area contributed by atoms with Crippen LogP contribution in [0.3, 0.4) is 0 Å². The Morgan fingerprint density at radius 1 is 1.38 bits per heavy atom. The summed E-state index contributed by atoms with van der Waals surface area (Å²) >= 11 is 5.92. The van der Waals surface area contributed by atoms with Gasteiger partial charge in [-0.25, -0.2) is 9.78 Å². The van der Waals surface area contributed by atoms with Crippen LogP contribution >= 0.6 is 11.6 Å². The van der Waals surface area contributed by atoms with E-state index >= 15 is 0 Å². The fraction of sp³-hybridized carbons (Fsp3) is 0.333. The van der Waals surface area contributed by atoms with Gasteiger partial charge in [0.1, 0.15) is 5.82 Å². The van der Waals surface area contributed by atoms with Gasteiger partial charge >= 0.3 is 6.03 Å². The second kappa shape index (κ2) is 7.64. The first-order valence-corrected chi connectivity index (χ1v) is 8.32. The van der Waals surface area contributed by atoms with Gasteiger partial charge in [0.25, 0.3) is 0 Å². The Bertz CT molecular complexity index is 706. The number of anilines is 1. The molecule has 1 aliphatic heterocycles. The molecule has 5 nitrogen and oxygen atoms in total. The molecular formula is C18H20ClN3O2. The summed E-state index contributed by atoms with van der Waals surface area (Å²) in [7, 11) is 1.67. The lowest BCUT2D eigenvalue weighted by Crippen LogP contribution is -2.47. The van der Waals surface area contributed by atoms with Gasteiger partial charge in [-0.15, -0.1) is 0 Å². The number of methoxy groups -OCH3 is 1. The number of amides is 2. The molecule has 1 aromatic heterocycles. The Hall–Kier alpha value is -2.11. The Kier molecular flexibility index (Phi) is 5.33. The van der Waals surface area contributed by atoms with E-state index < -0.39 is 0 Å². The number of halogens is 1. The van der Waals surface area contributed by atoms with E-state index in [0.29, 0.717) is 17.4 Å². The molecule has 1 aromatic carbocycles. The number of pyridine rings is 1. The highest BCUT2D eigenvalue weighted by molar-refractivity contribution is 6.30. The summed E-state index contributed by atoms with van der Waals surface area (Å²) < 4.78 is 5.08. The maximum Gasteiger partial charge on any atom is 0.323 e. The van der Waals surface area contributed by atoms with Crippen molar-refractivity contribution < 1.29 is 9.53 Å². The lowest BCUT2D eigenvalue weighted by Gasteiger charge is -2.41. The van der Waals surface area contributed by atoms with Gasteiger partial charge in [-0.2, -0.15) is 0 Å². The number of urea groups is 1. The van der Waals surface area contributed by atoms with Crippen molar-refractivity contribution in [1.82, 2.24) is 9.88 Å². The van der Waals surface area contributed by atoms with Crippen LogP contribution in [-0.2, 0) is 11.2 Å². The summed E-state index contributed by atoms with van der Waals surface area (Å²) in [4.78, 5) is 18.5. The van der Waals surface area contributed by atoms with Gasteiger partial charge in [-0.1, -0.05) is 23.7 Å². The minimum Gasteiger partial charge on any atom is -0.384 e. The third-order valence-electron chi connectivity index (χ3n) is 4.19. The van der Waals surface area contributed by atoms with Crippen LogP contribution in [0.4, 0.5) is 10.6 Å². The summed E-state index contributed by atoms with van der Waals surface area (Å²) in [5.74, 6) is 0.565. The first-order valence-electron chi connectivity index (χ1n) is 7.94. The molecule has 2 aromatic rings. The Morgan fingerprint density at radius 2 is 2.17 bits per heavy atom. The van der Waals surface area contributed by atoms with Crippen molar-refractivity contribution in [3.8, 4) is 0 Å². The van der Waals surface area contributed by atoms with E-state index in [1.54, 1.807) is 13.3 Å². The molecule has 0 bridgehead atoms. The summed E-state index contributed by atoms with van der Waals surface area (Å²) in [6, 6.07) is 11.4. The maximum atomic E-state index is 12.5. The van der Waals surface area contributed by atoms with Crippen LogP contribution in [0.5, 0.6) is 0 Å². The van der Waals surface area contributed by atoms with Crippen LogP contribution in [0, 0.1) is 0 Å². The molecule has 1 unspecified atom stereocenters. The Morgan fingerprint density at radius 3 is 2.83 bits per heavy atom. The van der Waals surface area contributed by atoms with E-state index in [2.05, 4.69) is 10.3 Å². The number of carbonyl (C=O) groups excluding carboxylic acids is 1. The highest BCUT2D eigenvalue weighted by Gasteiger charge is 2.33. The minimum absolute atomic E-state index is 0.0962. The smallest absolute Gasteiger partial charge is 0.323 e. The zero-order valence-electron chi connectivity index (χ0n) is 13.5. The number of ether oxygens (including phenoxy) is 1. The number of nitrogens with zero attached hydrogens (tertiary/aromatic N) is 2. The zero-order chi connectivity index (χ0) is 16.9. The normalized spacial score (nSPS) is 16.6. The van der Waals surface area contributed by atoms with Crippen molar-refractivity contribution in [3.63, 3.8) is 0 Å². The highest BCUT2D eigenvalue weighted by atomic mass is 35.5. The Balaban J connectivity index is 1.63. The number of hydrogen-bond acceptors (Lipinski definition) is 3. The van der Waals surface area contributed by atoms with Crippen LogP contribution in [0.2, 0.25) is 5.02 Å². The quantitative estimate of drug-likeness (QED) is 0.894. The molecule has 6 heteroatoms. The fourth-order valence-electron chi connectivity index (χ4n) is 2.76. The van der Waals surface area contributed by atoms with Gasteiger partial charge in [0.15, 0.2) is 0 Å². The fourth-order valence-corrected chi connectivity index (χ4v) is 2.89. The summed E-state index contributed by atoms with van der Waals surface area (Å²) in [6.07, 6.45) is 3.45. The summed E-state index contributed by atoms with van der Waals surface area (Å²) in [6.45, 7) is 1.38. The summed E-state index contributed by atoms with van der Waals surface area (Å²) in [5, 5.41) is 3.58. The molecule has 0 saturated carbocycles. The van der Waals surface area contributed by atoms with E-state index in [-0.39, 0.29) is 12.1 Å². The van der Waals surface area contributed by atoms with Gasteiger partial charge in [0.2, 0.25) is 0 Å². The molecule has 3 rings (SSSR count). The lowest BCUT2D eigenvalue weighted by atomic mass is 9.95. The van der Waals surface area contributed by atoms with Gasteiger partial charge in [0.05, 0.1) is 12.6 Å². The van der Waals surface area contributed by atoms with Gasteiger partial charge in [-0.3, -0.25) is 5.32 Å². The largest absolute Gasteiger partial charge is 0.384 e. The highest BCUT2D eigenvalue weighted by Crippen LogP contribution is 2.34. The second-order valence-electron chi connectivity index (χ2n) is 5.77. The van der Waals surface area contributed by atoms with Crippen molar-refractivity contribution >= 4 is 23.4 Å². The van der Waals surface area contributed by atoms with E-state index in [9.17, 15) is 4.79 Å². The predicted octanol–water partition coefficient (Wildman–Crippen LogP) is 3.90. The molecule has 1 aliphatic rings. The predicted molar refractivity (Wildman–Crippen MR) is 94.4 cm³/mol. The molecule has 1 N–H and O–H groups in total. The first-order chi connectivity index (χ1) is 11.7. The molecule has 126 valence electrons. The minimum atomic E-state index is -0.127. The molecule has 0 aliphatic carbocycles. The molecule has 2 heterocycles. The van der Waals surface area contributed by atoms with Crippen LogP contribution in [0.15, 0.2) is 42.6 Å². The number of carbonyl (C=O) groups is 1. The molecule has 1 saturated heterocycles. The molecule has 1 atom stereocenters. The number of nitrogens with one attached hydrogen (secondary N) is 1. The van der Waals surface area contributed by atoms with Crippen LogP contribution in [0.1, 0.15) is 23.6 Å². The first kappa shape index (κ1) is 16.7. The van der Waals surface area contributed by atoms with Crippen molar-refractivity contribution in [1.29, 1.82) is 0 Å². The van der Waals surface area contributed by atoms with Crippen LogP contribution in [-0.4, -0.2) is 36.2 Å². The molecule has 1 fully saturated rings. The molecule has 0 radical (unpaired) electrons. The van der Waals surface area contributed by atoms with Crippen molar-refractivity contribution in [2.45, 2.75) is 18.9 Å². The van der Waals surface area contributed by atoms with Gasteiger partial charge < -0.3 is 9.64 Å². The van der Waals surface area contributed by atoms with Crippen molar-refractivity contribution in [2.24, 2.45) is 0 Å². The number of rotatable bonds is 5. The van der Waals surface area contributed by atoms with E-state index in [1.807, 2.05) is 41.3 Å². The number of benzene rings is 1. The third-order valence-corrected chi connectivity index (χ3v) is 4.44. The van der Waals surface area contributed by atoms with Crippen molar-refractivity contribution in [2.75, 3.05) is 25.6 Å². The molecule has 0 spiro atoms. The molecule has 24 heavy (non-hydrogen) atoms. The number of aromatic nitrogens is 1. The topological polar surface area (TPSA) is 54.5 Å². The SMILES string of the molecule is COCCc1ccnc(NC(=O)N2CCC2c2ccc(Cl)cc2)c1. The van der Waals surface area contributed by atoms with Crippen LogP contribution in [0.25, 0.3) is 0 Å². The van der Waals surface area contributed by atoms with E-state index in [1.165, 1.54) is 0 Å². The Labute approximate surface area is 146 Å². The average molecular weight is 346 g/mol. The number of hydrogen-bond donors (Lipinski definition) is 1. The van der Waals surface area contributed by atoms with Gasteiger partial charge in [-0.05, 0) is 48.2 Å². The summed E-state index contributed by atoms with van der Waals surface area (Å²) in [5.41, 5.74) is 2.18. The number of likely N-dealkylation sites (tertiary alicyclic amines) is 1.